The molecule has 1 aromatic rings. The van der Waals surface area contributed by atoms with Crippen LogP contribution in [0.25, 0.3) is 0 Å². The predicted octanol–water partition coefficient (Wildman–Crippen LogP) is 2.36. The van der Waals surface area contributed by atoms with E-state index in [1.165, 1.54) is 10.4 Å². The molecule has 1 aromatic heterocycles. The SMILES string of the molecule is CCNCC[C@@H]1OCCc2sccc21. The maximum atomic E-state index is 5.78. The number of ether oxygens (including phenoxy) is 1. The van der Waals surface area contributed by atoms with E-state index >= 15 is 0 Å². The molecule has 78 valence electrons. The highest BCUT2D eigenvalue weighted by atomic mass is 32.1. The molecule has 0 unspecified atom stereocenters. The van der Waals surface area contributed by atoms with Crippen molar-refractivity contribution in [2.45, 2.75) is 25.9 Å². The fourth-order valence-corrected chi connectivity index (χ4v) is 2.79. The van der Waals surface area contributed by atoms with E-state index in [1.807, 2.05) is 11.3 Å². The summed E-state index contributed by atoms with van der Waals surface area (Å²) < 4.78 is 5.78. The van der Waals surface area contributed by atoms with Gasteiger partial charge in [-0.25, -0.2) is 0 Å². The molecule has 1 N–H and O–H groups in total. The van der Waals surface area contributed by atoms with Crippen molar-refractivity contribution in [3.05, 3.63) is 21.9 Å². The van der Waals surface area contributed by atoms with Gasteiger partial charge < -0.3 is 10.1 Å². The first-order chi connectivity index (χ1) is 6.92. The van der Waals surface area contributed by atoms with Crippen LogP contribution < -0.4 is 5.32 Å². The molecule has 0 radical (unpaired) electrons. The first kappa shape index (κ1) is 10.1. The molecule has 0 fully saturated rings. The minimum Gasteiger partial charge on any atom is -0.373 e. The zero-order chi connectivity index (χ0) is 9.80. The Morgan fingerprint density at radius 1 is 1.64 bits per heavy atom. The smallest absolute Gasteiger partial charge is 0.0847 e. The van der Waals surface area contributed by atoms with E-state index < -0.39 is 0 Å². The van der Waals surface area contributed by atoms with Gasteiger partial charge >= 0.3 is 0 Å². The van der Waals surface area contributed by atoms with Crippen LogP contribution in [0.3, 0.4) is 0 Å². The summed E-state index contributed by atoms with van der Waals surface area (Å²) in [5.74, 6) is 0. The molecule has 0 saturated carbocycles. The molecule has 2 heterocycles. The van der Waals surface area contributed by atoms with Gasteiger partial charge in [0.05, 0.1) is 12.7 Å². The summed E-state index contributed by atoms with van der Waals surface area (Å²) in [5.41, 5.74) is 1.43. The summed E-state index contributed by atoms with van der Waals surface area (Å²) in [6.07, 6.45) is 2.53. The van der Waals surface area contributed by atoms with Crippen LogP contribution in [0.2, 0.25) is 0 Å². The van der Waals surface area contributed by atoms with E-state index in [1.54, 1.807) is 0 Å². The molecule has 0 bridgehead atoms. The molecule has 3 heteroatoms. The molecule has 2 nitrogen and oxygen atoms in total. The van der Waals surface area contributed by atoms with E-state index in [-0.39, 0.29) is 0 Å². The van der Waals surface area contributed by atoms with Crippen molar-refractivity contribution in [3.8, 4) is 0 Å². The van der Waals surface area contributed by atoms with Crippen molar-refractivity contribution >= 4 is 11.3 Å². The largest absolute Gasteiger partial charge is 0.373 e. The molecule has 0 aromatic carbocycles. The number of hydrogen-bond acceptors (Lipinski definition) is 3. The molecule has 0 saturated heterocycles. The Labute approximate surface area is 89.3 Å². The normalized spacial score (nSPS) is 20.8. The maximum absolute atomic E-state index is 5.78. The monoisotopic (exact) mass is 211 g/mol. The van der Waals surface area contributed by atoms with Crippen LogP contribution in [0.5, 0.6) is 0 Å². The zero-order valence-corrected chi connectivity index (χ0v) is 9.40. The lowest BCUT2D eigenvalue weighted by atomic mass is 10.0. The molecule has 1 aliphatic heterocycles. The lowest BCUT2D eigenvalue weighted by molar-refractivity contribution is 0.0381. The lowest BCUT2D eigenvalue weighted by Gasteiger charge is -2.23. The third kappa shape index (κ3) is 2.16. The molecule has 14 heavy (non-hydrogen) atoms. The number of thiophene rings is 1. The molecule has 1 atom stereocenters. The second kappa shape index (κ2) is 4.91. The zero-order valence-electron chi connectivity index (χ0n) is 8.58. The molecule has 2 rings (SSSR count). The van der Waals surface area contributed by atoms with Gasteiger partial charge in [0.25, 0.3) is 0 Å². The fraction of sp³-hybridized carbons (Fsp3) is 0.636. The van der Waals surface area contributed by atoms with Crippen LogP contribution in [0.4, 0.5) is 0 Å². The Kier molecular flexibility index (Phi) is 3.56. The number of rotatable bonds is 4. The first-order valence-electron chi connectivity index (χ1n) is 5.30. The van der Waals surface area contributed by atoms with Crippen molar-refractivity contribution in [2.24, 2.45) is 0 Å². The van der Waals surface area contributed by atoms with E-state index in [0.717, 1.165) is 32.5 Å². The Morgan fingerprint density at radius 3 is 3.43 bits per heavy atom. The standard InChI is InChI=1S/C11H17NOS/c1-2-12-6-3-10-9-5-8-14-11(9)4-7-13-10/h5,8,10,12H,2-4,6-7H2,1H3/t10-/m0/s1. The van der Waals surface area contributed by atoms with Crippen molar-refractivity contribution in [2.75, 3.05) is 19.7 Å². The highest BCUT2D eigenvalue weighted by Crippen LogP contribution is 2.32. The average Bonchev–Trinajstić information content (AvgIpc) is 2.67. The fourth-order valence-electron chi connectivity index (χ4n) is 1.87. The van der Waals surface area contributed by atoms with Gasteiger partial charge in [-0.15, -0.1) is 11.3 Å². The van der Waals surface area contributed by atoms with Gasteiger partial charge in [0.15, 0.2) is 0 Å². The third-order valence-electron chi connectivity index (χ3n) is 2.61. The maximum Gasteiger partial charge on any atom is 0.0847 e. The third-order valence-corrected chi connectivity index (χ3v) is 3.60. The summed E-state index contributed by atoms with van der Waals surface area (Å²) in [4.78, 5) is 1.53. The van der Waals surface area contributed by atoms with Gasteiger partial charge in [0.2, 0.25) is 0 Å². The second-order valence-corrected chi connectivity index (χ2v) is 4.55. The van der Waals surface area contributed by atoms with E-state index in [9.17, 15) is 0 Å². The first-order valence-corrected chi connectivity index (χ1v) is 6.18. The molecule has 1 aliphatic rings. The summed E-state index contributed by atoms with van der Waals surface area (Å²) >= 11 is 1.87. The Hall–Kier alpha value is -0.380. The van der Waals surface area contributed by atoms with Crippen LogP contribution in [0.1, 0.15) is 29.9 Å². The van der Waals surface area contributed by atoms with E-state index in [4.69, 9.17) is 4.74 Å². The van der Waals surface area contributed by atoms with Crippen molar-refractivity contribution < 1.29 is 4.74 Å². The van der Waals surface area contributed by atoms with Gasteiger partial charge in [0, 0.05) is 11.3 Å². The number of nitrogens with one attached hydrogen (secondary N) is 1. The topological polar surface area (TPSA) is 21.3 Å². The molecular formula is C11H17NOS. The van der Waals surface area contributed by atoms with Crippen LogP contribution in [-0.2, 0) is 11.2 Å². The minimum absolute atomic E-state index is 0.337. The summed E-state index contributed by atoms with van der Waals surface area (Å²) in [6, 6.07) is 2.22. The van der Waals surface area contributed by atoms with Crippen molar-refractivity contribution in [3.63, 3.8) is 0 Å². The summed E-state index contributed by atoms with van der Waals surface area (Å²) in [6.45, 7) is 5.13. The Bertz CT molecular complexity index is 285. The lowest BCUT2D eigenvalue weighted by Crippen LogP contribution is -2.21. The molecule has 0 amide bonds. The van der Waals surface area contributed by atoms with Crippen LogP contribution in [0.15, 0.2) is 11.4 Å². The van der Waals surface area contributed by atoms with Gasteiger partial charge in [-0.3, -0.25) is 0 Å². The van der Waals surface area contributed by atoms with Gasteiger partial charge in [-0.05, 0) is 36.5 Å². The molecule has 0 aliphatic carbocycles. The van der Waals surface area contributed by atoms with E-state index in [2.05, 4.69) is 23.7 Å². The highest BCUT2D eigenvalue weighted by Gasteiger charge is 2.20. The average molecular weight is 211 g/mol. The predicted molar refractivity (Wildman–Crippen MR) is 59.9 cm³/mol. The van der Waals surface area contributed by atoms with Gasteiger partial charge in [-0.2, -0.15) is 0 Å². The summed E-state index contributed by atoms with van der Waals surface area (Å²) in [5, 5.41) is 5.52. The molecular weight excluding hydrogens is 194 g/mol. The highest BCUT2D eigenvalue weighted by molar-refractivity contribution is 7.10. The Morgan fingerprint density at radius 2 is 2.57 bits per heavy atom. The van der Waals surface area contributed by atoms with Crippen molar-refractivity contribution in [1.29, 1.82) is 0 Å². The van der Waals surface area contributed by atoms with Crippen LogP contribution in [-0.4, -0.2) is 19.7 Å². The number of fused-ring (bicyclic) bond motifs is 1. The van der Waals surface area contributed by atoms with Crippen molar-refractivity contribution in [1.82, 2.24) is 5.32 Å². The van der Waals surface area contributed by atoms with E-state index in [0.29, 0.717) is 6.10 Å². The van der Waals surface area contributed by atoms with Gasteiger partial charge in [-0.1, -0.05) is 6.92 Å². The van der Waals surface area contributed by atoms with Crippen LogP contribution in [0, 0.1) is 0 Å². The molecule has 0 spiro atoms. The van der Waals surface area contributed by atoms with Crippen LogP contribution >= 0.6 is 11.3 Å². The quantitative estimate of drug-likeness (QED) is 0.772. The number of hydrogen-bond donors (Lipinski definition) is 1. The Balaban J connectivity index is 1.94. The second-order valence-electron chi connectivity index (χ2n) is 3.55. The van der Waals surface area contributed by atoms with Gasteiger partial charge in [0.1, 0.15) is 0 Å². The minimum atomic E-state index is 0.337. The summed E-state index contributed by atoms with van der Waals surface area (Å²) in [7, 11) is 0.